The number of aliphatic imine (C=N–C) groups is 1. The van der Waals surface area contributed by atoms with Gasteiger partial charge in [-0.25, -0.2) is 0 Å². The average molecular weight is 167 g/mol. The third-order valence-corrected chi connectivity index (χ3v) is 1.58. The van der Waals surface area contributed by atoms with Gasteiger partial charge in [0.15, 0.2) is 0 Å². The number of carbonyl (C=O) groups excluding carboxylic acids is 2. The Labute approximate surface area is 69.1 Å². The molecular formula is C7H9N3O2. The lowest BCUT2D eigenvalue weighted by Crippen LogP contribution is -2.26. The summed E-state index contributed by atoms with van der Waals surface area (Å²) in [5, 5.41) is 0. The lowest BCUT2D eigenvalue weighted by atomic mass is 10.0. The largest absolute Gasteiger partial charge is 0.369 e. The Bertz CT molecular complexity index is 280. The molecule has 0 aromatic rings. The molecule has 0 aromatic carbocycles. The van der Waals surface area contributed by atoms with Gasteiger partial charge in [0.1, 0.15) is 5.70 Å². The van der Waals surface area contributed by atoms with Gasteiger partial charge in [-0.05, 0) is 6.42 Å². The van der Waals surface area contributed by atoms with Gasteiger partial charge in [-0.2, -0.15) is 0 Å². The molecule has 12 heavy (non-hydrogen) atoms. The Hall–Kier alpha value is -1.65. The molecule has 0 saturated heterocycles. The number of nitrogens with two attached hydrogens (primary N) is 2. The van der Waals surface area contributed by atoms with E-state index in [1.165, 1.54) is 12.3 Å². The van der Waals surface area contributed by atoms with Crippen LogP contribution in [0.2, 0.25) is 0 Å². The van der Waals surface area contributed by atoms with Gasteiger partial charge in [0.2, 0.25) is 5.91 Å². The molecule has 1 aliphatic rings. The van der Waals surface area contributed by atoms with E-state index in [1.807, 2.05) is 0 Å². The zero-order valence-electron chi connectivity index (χ0n) is 6.36. The van der Waals surface area contributed by atoms with E-state index < -0.39 is 17.7 Å². The molecule has 5 nitrogen and oxygen atoms in total. The molecule has 0 bridgehead atoms. The molecule has 64 valence electrons. The van der Waals surface area contributed by atoms with Gasteiger partial charge in [-0.15, -0.1) is 0 Å². The minimum atomic E-state index is -0.589. The van der Waals surface area contributed by atoms with Gasteiger partial charge < -0.3 is 11.5 Å². The fraction of sp³-hybridized carbons (Fsp3) is 0.286. The molecule has 1 heterocycles. The first-order chi connectivity index (χ1) is 5.61. The van der Waals surface area contributed by atoms with E-state index in [9.17, 15) is 9.59 Å². The third-order valence-electron chi connectivity index (χ3n) is 1.58. The Balaban J connectivity index is 2.68. The van der Waals surface area contributed by atoms with E-state index in [0.717, 1.165) is 0 Å². The summed E-state index contributed by atoms with van der Waals surface area (Å²) in [7, 11) is 0. The Kier molecular flexibility index (Phi) is 2.23. The lowest BCUT2D eigenvalue weighted by Gasteiger charge is -2.09. The van der Waals surface area contributed by atoms with Gasteiger partial charge in [0, 0.05) is 6.21 Å². The van der Waals surface area contributed by atoms with Gasteiger partial charge in [0.25, 0.3) is 5.91 Å². The van der Waals surface area contributed by atoms with Crippen LogP contribution < -0.4 is 11.5 Å². The number of hydrogen-bond acceptors (Lipinski definition) is 3. The second-order valence-corrected chi connectivity index (χ2v) is 2.48. The highest BCUT2D eigenvalue weighted by atomic mass is 16.1. The Morgan fingerprint density at radius 2 is 2.17 bits per heavy atom. The van der Waals surface area contributed by atoms with E-state index in [4.69, 9.17) is 11.5 Å². The molecule has 0 radical (unpaired) electrons. The van der Waals surface area contributed by atoms with Crippen LogP contribution in [0.15, 0.2) is 16.8 Å². The van der Waals surface area contributed by atoms with Crippen molar-refractivity contribution < 1.29 is 9.59 Å². The molecule has 1 aliphatic heterocycles. The number of allylic oxidation sites excluding steroid dienone is 1. The quantitative estimate of drug-likeness (QED) is 0.547. The van der Waals surface area contributed by atoms with E-state index >= 15 is 0 Å². The Morgan fingerprint density at radius 1 is 1.50 bits per heavy atom. The zero-order chi connectivity index (χ0) is 9.14. The predicted octanol–water partition coefficient (Wildman–Crippen LogP) is -1.07. The highest BCUT2D eigenvalue weighted by Crippen LogP contribution is 2.11. The monoisotopic (exact) mass is 167 g/mol. The van der Waals surface area contributed by atoms with Crippen molar-refractivity contribution in [3.05, 3.63) is 11.8 Å². The standard InChI is InChI=1S/C7H9N3O2/c8-6(11)4-1-2-5(7(9)12)10-3-4/h2-4H,1H2,(H2,8,11)(H2,9,12). The number of rotatable bonds is 2. The van der Waals surface area contributed by atoms with Gasteiger partial charge in [0.05, 0.1) is 5.92 Å². The van der Waals surface area contributed by atoms with Gasteiger partial charge in [-0.3, -0.25) is 14.6 Å². The van der Waals surface area contributed by atoms with Crippen molar-refractivity contribution in [3.8, 4) is 0 Å². The normalized spacial score (nSPS) is 21.7. The summed E-state index contributed by atoms with van der Waals surface area (Å²) in [4.78, 5) is 24.9. The van der Waals surface area contributed by atoms with Crippen LogP contribution in [0.25, 0.3) is 0 Å². The average Bonchev–Trinajstić information content (AvgIpc) is 2.04. The molecule has 1 unspecified atom stereocenters. The van der Waals surface area contributed by atoms with Crippen molar-refractivity contribution in [3.63, 3.8) is 0 Å². The molecule has 0 spiro atoms. The van der Waals surface area contributed by atoms with Crippen LogP contribution in [0.5, 0.6) is 0 Å². The molecule has 2 amide bonds. The van der Waals surface area contributed by atoms with E-state index in [2.05, 4.69) is 4.99 Å². The van der Waals surface area contributed by atoms with Crippen LogP contribution in [0, 0.1) is 5.92 Å². The number of hydrogen-bond donors (Lipinski definition) is 2. The number of carbonyl (C=O) groups is 2. The molecule has 0 saturated carbocycles. The SMILES string of the molecule is NC(=O)C1=CCC(C(N)=O)C=N1. The maximum atomic E-state index is 10.6. The summed E-state index contributed by atoms with van der Waals surface area (Å²) in [6.07, 6.45) is 3.26. The lowest BCUT2D eigenvalue weighted by molar-refractivity contribution is -0.120. The molecular weight excluding hydrogens is 158 g/mol. The number of amides is 2. The van der Waals surface area contributed by atoms with Crippen molar-refractivity contribution in [2.45, 2.75) is 6.42 Å². The second-order valence-electron chi connectivity index (χ2n) is 2.48. The number of nitrogens with zero attached hydrogens (tertiary/aromatic N) is 1. The topological polar surface area (TPSA) is 98.5 Å². The van der Waals surface area contributed by atoms with Gasteiger partial charge in [-0.1, -0.05) is 6.08 Å². The van der Waals surface area contributed by atoms with Crippen LogP contribution in [-0.4, -0.2) is 18.0 Å². The third kappa shape index (κ3) is 1.69. The summed E-state index contributed by atoms with van der Waals surface area (Å²) < 4.78 is 0. The van der Waals surface area contributed by atoms with E-state index in [-0.39, 0.29) is 5.70 Å². The molecule has 0 aromatic heterocycles. The van der Waals surface area contributed by atoms with E-state index in [1.54, 1.807) is 0 Å². The van der Waals surface area contributed by atoms with Crippen molar-refractivity contribution in [2.24, 2.45) is 22.4 Å². The molecule has 1 atom stereocenters. The highest BCUT2D eigenvalue weighted by molar-refractivity contribution is 5.98. The van der Waals surface area contributed by atoms with Crippen molar-refractivity contribution in [2.75, 3.05) is 0 Å². The molecule has 0 fully saturated rings. The molecule has 5 heteroatoms. The Morgan fingerprint density at radius 3 is 2.50 bits per heavy atom. The first-order valence-electron chi connectivity index (χ1n) is 3.44. The van der Waals surface area contributed by atoms with Crippen molar-refractivity contribution in [1.29, 1.82) is 0 Å². The summed E-state index contributed by atoms with van der Waals surface area (Å²) in [6, 6.07) is 0. The van der Waals surface area contributed by atoms with E-state index in [0.29, 0.717) is 6.42 Å². The van der Waals surface area contributed by atoms with Crippen LogP contribution in [-0.2, 0) is 9.59 Å². The van der Waals surface area contributed by atoms with Crippen LogP contribution in [0.4, 0.5) is 0 Å². The van der Waals surface area contributed by atoms with Crippen molar-refractivity contribution in [1.82, 2.24) is 0 Å². The summed E-state index contributed by atoms with van der Waals surface area (Å²) in [5.41, 5.74) is 10.2. The van der Waals surface area contributed by atoms with Crippen LogP contribution in [0.1, 0.15) is 6.42 Å². The van der Waals surface area contributed by atoms with Crippen molar-refractivity contribution >= 4 is 18.0 Å². The molecule has 1 rings (SSSR count). The first kappa shape index (κ1) is 8.45. The molecule has 0 aliphatic carbocycles. The van der Waals surface area contributed by atoms with Gasteiger partial charge >= 0.3 is 0 Å². The summed E-state index contributed by atoms with van der Waals surface area (Å²) >= 11 is 0. The van der Waals surface area contributed by atoms with Crippen LogP contribution in [0.3, 0.4) is 0 Å². The zero-order valence-corrected chi connectivity index (χ0v) is 6.36. The first-order valence-corrected chi connectivity index (χ1v) is 3.44. The summed E-state index contributed by atoms with van der Waals surface area (Å²) in [5.74, 6) is -1.44. The fourth-order valence-corrected chi connectivity index (χ4v) is 0.876. The fourth-order valence-electron chi connectivity index (χ4n) is 0.876. The predicted molar refractivity (Wildman–Crippen MR) is 43.1 cm³/mol. The molecule has 4 N–H and O–H groups in total. The van der Waals surface area contributed by atoms with Crippen LogP contribution >= 0.6 is 0 Å². The second kappa shape index (κ2) is 3.17. The summed E-state index contributed by atoms with van der Waals surface area (Å²) in [6.45, 7) is 0. The maximum Gasteiger partial charge on any atom is 0.266 e. The highest BCUT2D eigenvalue weighted by Gasteiger charge is 2.16. The number of primary amides is 2. The minimum absolute atomic E-state index is 0.188. The maximum absolute atomic E-state index is 10.6. The smallest absolute Gasteiger partial charge is 0.266 e. The minimum Gasteiger partial charge on any atom is -0.369 e.